The molecule has 3 aromatic rings. The van der Waals surface area contributed by atoms with Crippen molar-refractivity contribution >= 4 is 15.7 Å². The molecule has 0 saturated carbocycles. The number of aromatic nitrogens is 2. The summed E-state index contributed by atoms with van der Waals surface area (Å²) in [5.74, 6) is 1.10. The average molecular weight is 373 g/mol. The van der Waals surface area contributed by atoms with Crippen molar-refractivity contribution in [3.63, 3.8) is 0 Å². The molecule has 1 heterocycles. The monoisotopic (exact) mass is 373 g/mol. The van der Waals surface area contributed by atoms with Crippen LogP contribution in [0.15, 0.2) is 45.8 Å². The largest absolute Gasteiger partial charge is 0.496 e. The Hall–Kier alpha value is -2.87. The van der Waals surface area contributed by atoms with Gasteiger partial charge in [0.15, 0.2) is 0 Å². The lowest BCUT2D eigenvalue weighted by Crippen LogP contribution is -2.14. The van der Waals surface area contributed by atoms with Crippen LogP contribution in [-0.4, -0.2) is 25.7 Å². The number of hydrogen-bond acceptors (Lipinski definition) is 6. The van der Waals surface area contributed by atoms with Crippen molar-refractivity contribution in [1.82, 2.24) is 10.1 Å². The predicted octanol–water partition coefficient (Wildman–Crippen LogP) is 3.47. The number of ether oxygens (including phenoxy) is 1. The molecule has 0 saturated heterocycles. The fourth-order valence-corrected chi connectivity index (χ4v) is 3.65. The number of hydrogen-bond donors (Lipinski definition) is 1. The second kappa shape index (κ2) is 6.80. The third kappa shape index (κ3) is 3.41. The van der Waals surface area contributed by atoms with Crippen LogP contribution in [0.5, 0.6) is 5.75 Å². The van der Waals surface area contributed by atoms with Crippen LogP contribution >= 0.6 is 0 Å². The van der Waals surface area contributed by atoms with Crippen molar-refractivity contribution in [1.29, 1.82) is 0 Å². The van der Waals surface area contributed by atoms with Gasteiger partial charge in [0, 0.05) is 6.92 Å². The summed E-state index contributed by atoms with van der Waals surface area (Å²) in [5.41, 5.74) is 2.85. The molecule has 0 atom stereocenters. The molecule has 1 N–H and O–H groups in total. The molecule has 0 unspecified atom stereocenters. The Kier molecular flexibility index (Phi) is 4.69. The summed E-state index contributed by atoms with van der Waals surface area (Å²) in [5, 5.41) is 3.85. The van der Waals surface area contributed by atoms with Crippen LogP contribution in [-0.2, 0) is 10.0 Å². The van der Waals surface area contributed by atoms with Crippen LogP contribution in [0, 0.1) is 20.8 Å². The molecule has 0 aliphatic carbocycles. The second-order valence-corrected chi connectivity index (χ2v) is 7.53. The molecule has 2 aromatic carbocycles. The lowest BCUT2D eigenvalue weighted by molar-refractivity contribution is 0.392. The van der Waals surface area contributed by atoms with Gasteiger partial charge >= 0.3 is 0 Å². The van der Waals surface area contributed by atoms with E-state index in [9.17, 15) is 8.42 Å². The zero-order valence-electron chi connectivity index (χ0n) is 14.9. The first-order valence-electron chi connectivity index (χ1n) is 7.89. The van der Waals surface area contributed by atoms with Crippen molar-refractivity contribution in [2.24, 2.45) is 0 Å². The van der Waals surface area contributed by atoms with Gasteiger partial charge in [0.1, 0.15) is 5.75 Å². The van der Waals surface area contributed by atoms with Gasteiger partial charge in [-0.3, -0.25) is 4.72 Å². The van der Waals surface area contributed by atoms with Crippen LogP contribution in [0.25, 0.3) is 11.4 Å². The summed E-state index contributed by atoms with van der Waals surface area (Å²) in [6.45, 7) is 5.46. The van der Waals surface area contributed by atoms with E-state index in [1.165, 1.54) is 19.2 Å². The van der Waals surface area contributed by atoms with Gasteiger partial charge < -0.3 is 9.26 Å². The van der Waals surface area contributed by atoms with Gasteiger partial charge in [-0.05, 0) is 49.2 Å². The third-order valence-electron chi connectivity index (χ3n) is 4.10. The van der Waals surface area contributed by atoms with Crippen molar-refractivity contribution in [3.8, 4) is 17.1 Å². The van der Waals surface area contributed by atoms with Gasteiger partial charge in [-0.25, -0.2) is 8.42 Å². The highest BCUT2D eigenvalue weighted by Gasteiger charge is 2.20. The Morgan fingerprint density at radius 2 is 1.88 bits per heavy atom. The number of sulfonamides is 1. The Bertz CT molecular complexity index is 1060. The number of benzene rings is 2. The van der Waals surface area contributed by atoms with Gasteiger partial charge in [0.2, 0.25) is 11.7 Å². The van der Waals surface area contributed by atoms with Crippen molar-refractivity contribution in [3.05, 3.63) is 53.4 Å². The first kappa shape index (κ1) is 17.9. The van der Waals surface area contributed by atoms with E-state index >= 15 is 0 Å². The number of anilines is 1. The highest BCUT2D eigenvalue weighted by atomic mass is 32.2. The van der Waals surface area contributed by atoms with Gasteiger partial charge in [-0.1, -0.05) is 17.3 Å². The van der Waals surface area contributed by atoms with E-state index in [1.807, 2.05) is 26.0 Å². The van der Waals surface area contributed by atoms with Crippen LogP contribution in [0.3, 0.4) is 0 Å². The van der Waals surface area contributed by atoms with Gasteiger partial charge in [-0.2, -0.15) is 4.98 Å². The van der Waals surface area contributed by atoms with E-state index in [-0.39, 0.29) is 10.7 Å². The number of rotatable bonds is 5. The predicted molar refractivity (Wildman–Crippen MR) is 97.7 cm³/mol. The molecule has 26 heavy (non-hydrogen) atoms. The Morgan fingerprint density at radius 1 is 1.12 bits per heavy atom. The molecule has 0 amide bonds. The van der Waals surface area contributed by atoms with Crippen molar-refractivity contribution in [2.45, 2.75) is 25.7 Å². The van der Waals surface area contributed by atoms with Crippen LogP contribution in [0.1, 0.15) is 17.0 Å². The first-order valence-corrected chi connectivity index (χ1v) is 9.38. The van der Waals surface area contributed by atoms with Crippen LogP contribution < -0.4 is 9.46 Å². The summed E-state index contributed by atoms with van der Waals surface area (Å²) >= 11 is 0. The van der Waals surface area contributed by atoms with E-state index in [2.05, 4.69) is 14.9 Å². The Balaban J connectivity index is 2.04. The fourth-order valence-electron chi connectivity index (χ4n) is 2.50. The fraction of sp³-hybridized carbons (Fsp3) is 0.222. The minimum absolute atomic E-state index is 0.0802. The van der Waals surface area contributed by atoms with Gasteiger partial charge in [0.05, 0.1) is 23.3 Å². The molecule has 0 spiro atoms. The van der Waals surface area contributed by atoms with Crippen LogP contribution in [0.4, 0.5) is 5.69 Å². The molecule has 7 nitrogen and oxygen atoms in total. The molecule has 0 bridgehead atoms. The third-order valence-corrected chi connectivity index (χ3v) is 5.46. The van der Waals surface area contributed by atoms with Crippen molar-refractivity contribution in [2.75, 3.05) is 11.8 Å². The highest BCUT2D eigenvalue weighted by Crippen LogP contribution is 2.31. The summed E-state index contributed by atoms with van der Waals surface area (Å²) in [6, 6.07) is 9.98. The van der Waals surface area contributed by atoms with E-state index in [0.717, 1.165) is 11.1 Å². The molecule has 3 rings (SSSR count). The van der Waals surface area contributed by atoms with E-state index in [1.54, 1.807) is 19.1 Å². The average Bonchev–Trinajstić information content (AvgIpc) is 3.04. The normalized spacial score (nSPS) is 11.4. The topological polar surface area (TPSA) is 94.3 Å². The maximum absolute atomic E-state index is 12.8. The summed E-state index contributed by atoms with van der Waals surface area (Å²) in [6.07, 6.45) is 0. The zero-order chi connectivity index (χ0) is 18.9. The number of aryl methyl sites for hydroxylation is 2. The van der Waals surface area contributed by atoms with Crippen LogP contribution in [0.2, 0.25) is 0 Å². The Labute approximate surface area is 152 Å². The molecule has 136 valence electrons. The number of nitrogens with zero attached hydrogens (tertiary/aromatic N) is 2. The molecular weight excluding hydrogens is 354 g/mol. The van der Waals surface area contributed by atoms with E-state index in [4.69, 9.17) is 9.26 Å². The minimum atomic E-state index is -3.79. The molecule has 0 fully saturated rings. The highest BCUT2D eigenvalue weighted by molar-refractivity contribution is 7.92. The molecule has 0 aliphatic heterocycles. The molecule has 0 radical (unpaired) electrons. The number of nitrogens with one attached hydrogen (secondary N) is 1. The number of methoxy groups -OCH3 is 1. The van der Waals surface area contributed by atoms with E-state index in [0.29, 0.717) is 22.9 Å². The minimum Gasteiger partial charge on any atom is -0.496 e. The van der Waals surface area contributed by atoms with Crippen molar-refractivity contribution < 1.29 is 17.7 Å². The zero-order valence-corrected chi connectivity index (χ0v) is 15.7. The summed E-state index contributed by atoms with van der Waals surface area (Å²) < 4.78 is 38.6. The SMILES string of the molecule is COc1ccc(S(=O)(=O)Nc2cccc(C)c2C)cc1-c1noc(C)n1. The first-order chi connectivity index (χ1) is 12.3. The van der Waals surface area contributed by atoms with Gasteiger partial charge in [-0.15, -0.1) is 0 Å². The maximum Gasteiger partial charge on any atom is 0.261 e. The standard InChI is InChI=1S/C18H19N3O4S/c1-11-6-5-7-16(12(11)2)21-26(22,23)14-8-9-17(24-4)15(10-14)18-19-13(3)25-20-18/h5-10,21H,1-4H3. The summed E-state index contributed by atoms with van der Waals surface area (Å²) in [4.78, 5) is 4.23. The quantitative estimate of drug-likeness (QED) is 0.736. The lowest BCUT2D eigenvalue weighted by atomic mass is 10.1. The second-order valence-electron chi connectivity index (χ2n) is 5.85. The molecular formula is C18H19N3O4S. The molecule has 8 heteroatoms. The molecule has 0 aliphatic rings. The Morgan fingerprint density at radius 3 is 2.54 bits per heavy atom. The summed E-state index contributed by atoms with van der Waals surface area (Å²) in [7, 11) is -2.30. The van der Waals surface area contributed by atoms with E-state index < -0.39 is 10.0 Å². The smallest absolute Gasteiger partial charge is 0.261 e. The lowest BCUT2D eigenvalue weighted by Gasteiger charge is -2.13. The molecule has 1 aromatic heterocycles. The maximum atomic E-state index is 12.8. The van der Waals surface area contributed by atoms with Gasteiger partial charge in [0.25, 0.3) is 10.0 Å².